The number of rotatable bonds is 2. The fourth-order valence-electron chi connectivity index (χ4n) is 2.68. The van der Waals surface area contributed by atoms with E-state index in [4.69, 9.17) is 4.74 Å². The van der Waals surface area contributed by atoms with Crippen molar-refractivity contribution in [3.05, 3.63) is 0 Å². The molecule has 4 heteroatoms. The van der Waals surface area contributed by atoms with E-state index >= 15 is 0 Å². The fourth-order valence-corrected chi connectivity index (χ4v) is 2.68. The minimum absolute atomic E-state index is 0.129. The molecule has 2 saturated heterocycles. The molecule has 2 aliphatic heterocycles. The van der Waals surface area contributed by atoms with E-state index in [0.717, 1.165) is 58.7 Å². The molecule has 2 rings (SSSR count). The minimum atomic E-state index is -0.129. The molecular weight excluding hydrogens is 204 g/mol. The smallest absolute Gasteiger partial charge is 0.229 e. The first-order chi connectivity index (χ1) is 7.78. The van der Waals surface area contributed by atoms with Gasteiger partial charge >= 0.3 is 0 Å². The van der Waals surface area contributed by atoms with Crippen LogP contribution < -0.4 is 5.32 Å². The van der Waals surface area contributed by atoms with Crippen LogP contribution in [0.1, 0.15) is 26.2 Å². The molecule has 0 spiro atoms. The lowest BCUT2D eigenvalue weighted by Crippen LogP contribution is -2.53. The molecule has 0 unspecified atom stereocenters. The molecule has 2 aliphatic rings. The molecule has 1 amide bonds. The Hall–Kier alpha value is -0.610. The fraction of sp³-hybridized carbons (Fsp3) is 0.917. The summed E-state index contributed by atoms with van der Waals surface area (Å²) in [4.78, 5) is 14.6. The second kappa shape index (κ2) is 5.15. The van der Waals surface area contributed by atoms with Crippen LogP contribution in [0.2, 0.25) is 0 Å². The second-order valence-corrected chi connectivity index (χ2v) is 4.79. The molecule has 2 fully saturated rings. The Morgan fingerprint density at radius 2 is 1.94 bits per heavy atom. The van der Waals surface area contributed by atoms with E-state index in [2.05, 4.69) is 12.2 Å². The highest BCUT2D eigenvalue weighted by molar-refractivity contribution is 5.83. The SMILES string of the molecule is CCC1(C(=O)N2CCNCC2)CCOCC1. The maximum atomic E-state index is 12.5. The van der Waals surface area contributed by atoms with E-state index < -0.39 is 0 Å². The Morgan fingerprint density at radius 3 is 2.50 bits per heavy atom. The van der Waals surface area contributed by atoms with E-state index in [9.17, 15) is 4.79 Å². The van der Waals surface area contributed by atoms with Crippen molar-refractivity contribution in [3.63, 3.8) is 0 Å². The third kappa shape index (κ3) is 2.23. The highest BCUT2D eigenvalue weighted by Gasteiger charge is 2.40. The molecule has 0 aromatic heterocycles. The lowest BCUT2D eigenvalue weighted by Gasteiger charge is -2.40. The summed E-state index contributed by atoms with van der Waals surface area (Å²) in [6.45, 7) is 7.20. The van der Waals surface area contributed by atoms with Gasteiger partial charge in [0.1, 0.15) is 0 Å². The normalized spacial score (nSPS) is 25.4. The van der Waals surface area contributed by atoms with Gasteiger partial charge in [-0.05, 0) is 19.3 Å². The molecule has 0 saturated carbocycles. The molecule has 16 heavy (non-hydrogen) atoms. The number of amides is 1. The Balaban J connectivity index is 2.04. The number of nitrogens with zero attached hydrogens (tertiary/aromatic N) is 1. The molecule has 4 nitrogen and oxygen atoms in total. The summed E-state index contributed by atoms with van der Waals surface area (Å²) in [6.07, 6.45) is 2.73. The van der Waals surface area contributed by atoms with Gasteiger partial charge in [0.15, 0.2) is 0 Å². The summed E-state index contributed by atoms with van der Waals surface area (Å²) < 4.78 is 5.38. The number of hydrogen-bond donors (Lipinski definition) is 1. The first kappa shape index (κ1) is 11.9. The zero-order chi connectivity index (χ0) is 11.4. The lowest BCUT2D eigenvalue weighted by atomic mass is 9.76. The summed E-state index contributed by atoms with van der Waals surface area (Å²) in [5.74, 6) is 0.361. The number of piperazine rings is 1. The van der Waals surface area contributed by atoms with Crippen LogP contribution in [-0.4, -0.2) is 50.2 Å². The average Bonchev–Trinajstić information content (AvgIpc) is 2.39. The van der Waals surface area contributed by atoms with Crippen LogP contribution in [-0.2, 0) is 9.53 Å². The quantitative estimate of drug-likeness (QED) is 0.750. The molecule has 0 aromatic carbocycles. The van der Waals surface area contributed by atoms with Gasteiger partial charge in [-0.15, -0.1) is 0 Å². The minimum Gasteiger partial charge on any atom is -0.381 e. The van der Waals surface area contributed by atoms with E-state index in [-0.39, 0.29) is 5.41 Å². The first-order valence-electron chi connectivity index (χ1n) is 6.36. The topological polar surface area (TPSA) is 41.6 Å². The molecule has 0 aliphatic carbocycles. The largest absolute Gasteiger partial charge is 0.381 e. The number of hydrogen-bond acceptors (Lipinski definition) is 3. The standard InChI is InChI=1S/C12H22N2O2/c1-2-12(3-9-16-10-4-12)11(15)14-7-5-13-6-8-14/h13H,2-10H2,1H3. The summed E-state index contributed by atoms with van der Waals surface area (Å²) in [7, 11) is 0. The van der Waals surface area contributed by atoms with Crippen molar-refractivity contribution >= 4 is 5.91 Å². The summed E-state index contributed by atoms with van der Waals surface area (Å²) in [5.41, 5.74) is -0.129. The number of carbonyl (C=O) groups is 1. The van der Waals surface area contributed by atoms with Gasteiger partial charge in [0.2, 0.25) is 5.91 Å². The van der Waals surface area contributed by atoms with Gasteiger partial charge in [-0.1, -0.05) is 6.92 Å². The summed E-state index contributed by atoms with van der Waals surface area (Å²) in [6, 6.07) is 0. The maximum absolute atomic E-state index is 12.5. The highest BCUT2D eigenvalue weighted by atomic mass is 16.5. The number of nitrogens with one attached hydrogen (secondary N) is 1. The van der Waals surface area contributed by atoms with Gasteiger partial charge in [-0.2, -0.15) is 0 Å². The molecular formula is C12H22N2O2. The Labute approximate surface area is 97.3 Å². The van der Waals surface area contributed by atoms with Crippen molar-refractivity contribution in [2.45, 2.75) is 26.2 Å². The van der Waals surface area contributed by atoms with Gasteiger partial charge in [-0.3, -0.25) is 4.79 Å². The Kier molecular flexibility index (Phi) is 3.82. The number of ether oxygens (including phenoxy) is 1. The third-order valence-electron chi connectivity index (χ3n) is 3.98. The monoisotopic (exact) mass is 226 g/mol. The van der Waals surface area contributed by atoms with Crippen LogP contribution in [0.5, 0.6) is 0 Å². The van der Waals surface area contributed by atoms with Gasteiger partial charge in [0, 0.05) is 39.4 Å². The zero-order valence-electron chi connectivity index (χ0n) is 10.1. The van der Waals surface area contributed by atoms with E-state index in [0.29, 0.717) is 5.91 Å². The van der Waals surface area contributed by atoms with Gasteiger partial charge in [0.05, 0.1) is 5.41 Å². The van der Waals surface area contributed by atoms with Crippen molar-refractivity contribution in [1.82, 2.24) is 10.2 Å². The van der Waals surface area contributed by atoms with Crippen molar-refractivity contribution < 1.29 is 9.53 Å². The third-order valence-corrected chi connectivity index (χ3v) is 3.98. The van der Waals surface area contributed by atoms with Crippen LogP contribution >= 0.6 is 0 Å². The predicted molar refractivity (Wildman–Crippen MR) is 62.2 cm³/mol. The maximum Gasteiger partial charge on any atom is 0.229 e. The molecule has 0 bridgehead atoms. The lowest BCUT2D eigenvalue weighted by molar-refractivity contribution is -0.148. The van der Waals surface area contributed by atoms with Gasteiger partial charge < -0.3 is 15.0 Å². The van der Waals surface area contributed by atoms with E-state index in [1.165, 1.54) is 0 Å². The summed E-state index contributed by atoms with van der Waals surface area (Å²) >= 11 is 0. The van der Waals surface area contributed by atoms with Crippen molar-refractivity contribution in [1.29, 1.82) is 0 Å². The molecule has 0 atom stereocenters. The second-order valence-electron chi connectivity index (χ2n) is 4.79. The Bertz CT molecular complexity index is 243. The van der Waals surface area contributed by atoms with Crippen LogP contribution in [0.25, 0.3) is 0 Å². The average molecular weight is 226 g/mol. The van der Waals surface area contributed by atoms with Crippen LogP contribution in [0.15, 0.2) is 0 Å². The van der Waals surface area contributed by atoms with Gasteiger partial charge in [0.25, 0.3) is 0 Å². The molecule has 0 radical (unpaired) electrons. The molecule has 2 heterocycles. The van der Waals surface area contributed by atoms with Crippen LogP contribution in [0.4, 0.5) is 0 Å². The van der Waals surface area contributed by atoms with E-state index in [1.807, 2.05) is 4.90 Å². The highest BCUT2D eigenvalue weighted by Crippen LogP contribution is 2.36. The van der Waals surface area contributed by atoms with Crippen molar-refractivity contribution in [2.24, 2.45) is 5.41 Å². The molecule has 1 N–H and O–H groups in total. The van der Waals surface area contributed by atoms with Crippen molar-refractivity contribution in [3.8, 4) is 0 Å². The zero-order valence-corrected chi connectivity index (χ0v) is 10.1. The van der Waals surface area contributed by atoms with Crippen LogP contribution in [0.3, 0.4) is 0 Å². The summed E-state index contributed by atoms with van der Waals surface area (Å²) in [5, 5.41) is 3.28. The van der Waals surface area contributed by atoms with Gasteiger partial charge in [-0.25, -0.2) is 0 Å². The first-order valence-corrected chi connectivity index (χ1v) is 6.36. The predicted octanol–water partition coefficient (Wildman–Crippen LogP) is 0.625. The Morgan fingerprint density at radius 1 is 1.31 bits per heavy atom. The molecule has 0 aromatic rings. The van der Waals surface area contributed by atoms with Crippen molar-refractivity contribution in [2.75, 3.05) is 39.4 Å². The van der Waals surface area contributed by atoms with Crippen LogP contribution in [0, 0.1) is 5.41 Å². The van der Waals surface area contributed by atoms with E-state index in [1.54, 1.807) is 0 Å². The molecule has 92 valence electrons. The number of carbonyl (C=O) groups excluding carboxylic acids is 1.